The molecule has 2 aromatic rings. The Morgan fingerprint density at radius 3 is 2.61 bits per heavy atom. The summed E-state index contributed by atoms with van der Waals surface area (Å²) in [7, 11) is -3.15. The van der Waals surface area contributed by atoms with Crippen molar-refractivity contribution in [3.05, 3.63) is 63.2 Å². The Morgan fingerprint density at radius 2 is 1.94 bits per heavy atom. The lowest BCUT2D eigenvalue weighted by Crippen LogP contribution is -2.39. The Bertz CT molecular complexity index is 1160. The normalized spacial score (nSPS) is 17.9. The molecular formula is C22H25N3O5S. The molecule has 31 heavy (non-hydrogen) atoms. The first-order chi connectivity index (χ1) is 14.8. The summed E-state index contributed by atoms with van der Waals surface area (Å²) in [5.74, 6) is 0.947. The van der Waals surface area contributed by atoms with E-state index in [1.54, 1.807) is 0 Å². The van der Waals surface area contributed by atoms with Gasteiger partial charge >= 0.3 is 0 Å². The summed E-state index contributed by atoms with van der Waals surface area (Å²) in [5, 5.41) is 9.05. The lowest BCUT2D eigenvalue weighted by molar-refractivity contribution is 0.180. The second-order valence-corrected chi connectivity index (χ2v) is 10.2. The highest BCUT2D eigenvalue weighted by Gasteiger charge is 2.25. The molecule has 4 rings (SSSR count). The van der Waals surface area contributed by atoms with Crippen LogP contribution in [0, 0.1) is 17.2 Å². The predicted molar refractivity (Wildman–Crippen MR) is 114 cm³/mol. The van der Waals surface area contributed by atoms with Crippen molar-refractivity contribution in [2.45, 2.75) is 32.5 Å². The predicted octanol–water partition coefficient (Wildman–Crippen LogP) is 2.08. The van der Waals surface area contributed by atoms with E-state index in [1.807, 2.05) is 18.2 Å². The molecule has 3 heterocycles. The van der Waals surface area contributed by atoms with E-state index in [2.05, 4.69) is 11.0 Å². The summed E-state index contributed by atoms with van der Waals surface area (Å²) in [6.45, 7) is 3.28. The van der Waals surface area contributed by atoms with Crippen LogP contribution in [0.4, 0.5) is 0 Å². The molecule has 1 saturated heterocycles. The Morgan fingerprint density at radius 1 is 1.19 bits per heavy atom. The molecule has 2 aliphatic rings. The zero-order chi connectivity index (χ0) is 22.0. The van der Waals surface area contributed by atoms with Crippen LogP contribution in [0.2, 0.25) is 0 Å². The van der Waals surface area contributed by atoms with Crippen molar-refractivity contribution in [3.8, 4) is 11.8 Å². The van der Waals surface area contributed by atoms with E-state index in [0.29, 0.717) is 57.0 Å². The van der Waals surface area contributed by atoms with Crippen LogP contribution in [0.3, 0.4) is 0 Å². The molecule has 0 radical (unpaired) electrons. The summed E-state index contributed by atoms with van der Waals surface area (Å²) in [5.41, 5.74) is 2.74. The fraction of sp³-hybridized carbons (Fsp3) is 0.455. The van der Waals surface area contributed by atoms with Gasteiger partial charge in [0.15, 0.2) is 0 Å². The average molecular weight is 444 g/mol. The summed E-state index contributed by atoms with van der Waals surface area (Å²) < 4.78 is 36.0. The van der Waals surface area contributed by atoms with Crippen molar-refractivity contribution in [1.82, 2.24) is 9.21 Å². The number of nitrogens with zero attached hydrogens (tertiary/aromatic N) is 3. The van der Waals surface area contributed by atoms with E-state index in [4.69, 9.17) is 14.4 Å². The third-order valence-electron chi connectivity index (χ3n) is 5.87. The van der Waals surface area contributed by atoms with Gasteiger partial charge < -0.3 is 9.15 Å². The van der Waals surface area contributed by atoms with E-state index < -0.39 is 10.0 Å². The second kappa shape index (κ2) is 8.83. The summed E-state index contributed by atoms with van der Waals surface area (Å²) in [6, 6.07) is 9.32. The van der Waals surface area contributed by atoms with Gasteiger partial charge in [0, 0.05) is 32.2 Å². The maximum atomic E-state index is 12.4. The van der Waals surface area contributed by atoms with Gasteiger partial charge in [-0.1, -0.05) is 6.07 Å². The van der Waals surface area contributed by atoms with Crippen molar-refractivity contribution in [2.75, 3.05) is 26.0 Å². The van der Waals surface area contributed by atoms with Crippen LogP contribution >= 0.6 is 0 Å². The largest absolute Gasteiger partial charge is 0.486 e. The number of ether oxygens (including phenoxy) is 1. The molecule has 1 fully saturated rings. The standard InChI is InChI=1S/C22H25N3O5S/c1-31(27,28)25-6-4-16(5-7-25)14-30-22-15-29-20(9-21(22)26)13-24-11-18-3-2-17(10-23)8-19(18)12-24/h2-3,8-9,15-16H,4-7,11-14H2,1H3. The molecule has 2 aliphatic heterocycles. The van der Waals surface area contributed by atoms with Crippen LogP contribution in [-0.2, 0) is 29.7 Å². The number of nitriles is 1. The first kappa shape index (κ1) is 21.6. The van der Waals surface area contributed by atoms with Crippen LogP contribution in [-0.4, -0.2) is 43.6 Å². The molecule has 0 saturated carbocycles. The molecule has 0 aliphatic carbocycles. The number of hydrogen-bond acceptors (Lipinski definition) is 7. The lowest BCUT2D eigenvalue weighted by atomic mass is 9.99. The third kappa shape index (κ3) is 5.15. The molecule has 9 heteroatoms. The smallest absolute Gasteiger partial charge is 0.227 e. The van der Waals surface area contributed by atoms with Crippen molar-refractivity contribution < 1.29 is 17.6 Å². The van der Waals surface area contributed by atoms with Gasteiger partial charge in [-0.25, -0.2) is 12.7 Å². The first-order valence-electron chi connectivity index (χ1n) is 10.3. The van der Waals surface area contributed by atoms with Crippen LogP contribution < -0.4 is 10.2 Å². The van der Waals surface area contributed by atoms with Crippen LogP contribution in [0.25, 0.3) is 0 Å². The van der Waals surface area contributed by atoms with E-state index in [0.717, 1.165) is 12.1 Å². The van der Waals surface area contributed by atoms with E-state index in [-0.39, 0.29) is 17.1 Å². The number of rotatable bonds is 6. The molecular weight excluding hydrogens is 418 g/mol. The molecule has 1 aromatic heterocycles. The van der Waals surface area contributed by atoms with Gasteiger partial charge in [-0.15, -0.1) is 0 Å². The third-order valence-corrected chi connectivity index (χ3v) is 7.18. The van der Waals surface area contributed by atoms with Gasteiger partial charge in [-0.2, -0.15) is 5.26 Å². The molecule has 1 aromatic carbocycles. The minimum Gasteiger partial charge on any atom is -0.486 e. The highest BCUT2D eigenvalue weighted by atomic mass is 32.2. The maximum absolute atomic E-state index is 12.4. The summed E-state index contributed by atoms with van der Waals surface area (Å²) in [6.07, 6.45) is 4.00. The van der Waals surface area contributed by atoms with Crippen LogP contribution in [0.5, 0.6) is 5.75 Å². The molecule has 0 N–H and O–H groups in total. The Hall–Kier alpha value is -2.67. The zero-order valence-electron chi connectivity index (χ0n) is 17.4. The molecule has 164 valence electrons. The van der Waals surface area contributed by atoms with Gasteiger partial charge in [0.05, 0.1) is 31.0 Å². The topological polar surface area (TPSA) is 104 Å². The quantitative estimate of drug-likeness (QED) is 0.673. The number of piperidine rings is 1. The highest BCUT2D eigenvalue weighted by Crippen LogP contribution is 2.25. The van der Waals surface area contributed by atoms with Gasteiger partial charge in [-0.3, -0.25) is 9.69 Å². The Labute approximate surface area is 181 Å². The van der Waals surface area contributed by atoms with Crippen molar-refractivity contribution in [3.63, 3.8) is 0 Å². The summed E-state index contributed by atoms with van der Waals surface area (Å²) in [4.78, 5) is 14.6. The Balaban J connectivity index is 1.30. The molecule has 0 amide bonds. The zero-order valence-corrected chi connectivity index (χ0v) is 18.2. The first-order valence-corrected chi connectivity index (χ1v) is 12.1. The average Bonchev–Trinajstić information content (AvgIpc) is 3.14. The SMILES string of the molecule is CS(=O)(=O)N1CCC(COc2coc(CN3Cc4ccc(C#N)cc4C3)cc2=O)CC1. The lowest BCUT2D eigenvalue weighted by Gasteiger charge is -2.29. The Kier molecular flexibility index (Phi) is 6.14. The number of hydrogen-bond donors (Lipinski definition) is 0. The fourth-order valence-electron chi connectivity index (χ4n) is 4.11. The molecule has 0 unspecified atom stereocenters. The van der Waals surface area contributed by atoms with Crippen molar-refractivity contribution >= 4 is 10.0 Å². The molecule has 0 spiro atoms. The van der Waals surface area contributed by atoms with Crippen LogP contribution in [0.15, 0.2) is 39.7 Å². The van der Waals surface area contributed by atoms with E-state index in [9.17, 15) is 13.2 Å². The van der Waals surface area contributed by atoms with Gasteiger partial charge in [0.25, 0.3) is 0 Å². The number of sulfonamides is 1. The molecule has 0 bridgehead atoms. The molecule has 8 nitrogen and oxygen atoms in total. The minimum atomic E-state index is -3.15. The summed E-state index contributed by atoms with van der Waals surface area (Å²) >= 11 is 0. The van der Waals surface area contributed by atoms with E-state index in [1.165, 1.54) is 28.5 Å². The van der Waals surface area contributed by atoms with Gasteiger partial charge in [0.1, 0.15) is 12.0 Å². The molecule has 0 atom stereocenters. The highest BCUT2D eigenvalue weighted by molar-refractivity contribution is 7.88. The van der Waals surface area contributed by atoms with Crippen molar-refractivity contribution in [1.29, 1.82) is 5.26 Å². The van der Waals surface area contributed by atoms with Gasteiger partial charge in [0.2, 0.25) is 21.2 Å². The fourth-order valence-corrected chi connectivity index (χ4v) is 4.98. The van der Waals surface area contributed by atoms with Crippen molar-refractivity contribution in [2.24, 2.45) is 5.92 Å². The maximum Gasteiger partial charge on any atom is 0.227 e. The minimum absolute atomic E-state index is 0.178. The van der Waals surface area contributed by atoms with Gasteiger partial charge in [-0.05, 0) is 42.0 Å². The second-order valence-electron chi connectivity index (χ2n) is 8.23. The number of fused-ring (bicyclic) bond motifs is 1. The number of benzene rings is 1. The van der Waals surface area contributed by atoms with E-state index >= 15 is 0 Å². The monoisotopic (exact) mass is 443 g/mol. The van der Waals surface area contributed by atoms with Crippen LogP contribution in [0.1, 0.15) is 35.3 Å².